The van der Waals surface area contributed by atoms with Crippen LogP contribution >= 0.6 is 0 Å². The van der Waals surface area contributed by atoms with Gasteiger partial charge in [-0.1, -0.05) is 24.3 Å². The molecular weight excluding hydrogens is 533 g/mol. The molecule has 4 aromatic rings. The summed E-state index contributed by atoms with van der Waals surface area (Å²) in [5.74, 6) is -0.563. The van der Waals surface area contributed by atoms with Crippen molar-refractivity contribution in [2.75, 3.05) is 31.1 Å². The number of esters is 1. The monoisotopic (exact) mass is 567 g/mol. The fraction of sp³-hybridized carbons (Fsp3) is 0.394. The van der Waals surface area contributed by atoms with Crippen LogP contribution in [0.5, 0.6) is 0 Å². The van der Waals surface area contributed by atoms with E-state index in [1.165, 1.54) is 17.2 Å². The summed E-state index contributed by atoms with van der Waals surface area (Å²) in [6, 6.07) is 17.0. The molecule has 216 valence electrons. The minimum Gasteiger partial charge on any atom is -0.466 e. The molecule has 4 heterocycles. The van der Waals surface area contributed by atoms with E-state index in [4.69, 9.17) is 14.8 Å². The van der Waals surface area contributed by atoms with Crippen molar-refractivity contribution in [3.05, 3.63) is 82.9 Å². The Bertz CT molecular complexity index is 1700. The molecule has 2 aromatic heterocycles. The van der Waals surface area contributed by atoms with Crippen LogP contribution < -0.4 is 4.90 Å². The van der Waals surface area contributed by atoms with Crippen LogP contribution in [0.25, 0.3) is 16.9 Å². The standard InChI is InChI=1S/C33H34FN5O3/c1-3-42-33(41)23-12-14-37(19-23)24-10-11-26(27(34)16-24)28-18-31-35-29(17-30(22-8-9-22)39(31)36-28)32(40)38-15-13-21-6-4-5-7-25(21)20(38)2/h4-7,10-11,16-18,20,22-23H,3,8-9,12-15,19H2,1-2H3/t20-,23+/m1/s1. The van der Waals surface area contributed by atoms with Crippen LogP contribution in [0.4, 0.5) is 10.1 Å². The maximum absolute atomic E-state index is 15.5. The molecule has 1 aliphatic carbocycles. The first-order chi connectivity index (χ1) is 20.4. The maximum Gasteiger partial charge on any atom is 0.310 e. The van der Waals surface area contributed by atoms with E-state index in [2.05, 4.69) is 19.1 Å². The molecule has 7 rings (SSSR count). The third-order valence-corrected chi connectivity index (χ3v) is 8.93. The zero-order valence-corrected chi connectivity index (χ0v) is 23.9. The molecule has 9 heteroatoms. The Hall–Kier alpha value is -4.27. The van der Waals surface area contributed by atoms with E-state index in [1.54, 1.807) is 23.6 Å². The van der Waals surface area contributed by atoms with Crippen molar-refractivity contribution in [2.24, 2.45) is 5.92 Å². The minimum atomic E-state index is -0.388. The molecule has 2 atom stereocenters. The zero-order chi connectivity index (χ0) is 29.0. The molecule has 0 bridgehead atoms. The summed E-state index contributed by atoms with van der Waals surface area (Å²) in [4.78, 5) is 34.6. The van der Waals surface area contributed by atoms with Gasteiger partial charge in [0.2, 0.25) is 0 Å². The number of aromatic nitrogens is 3. The Balaban J connectivity index is 1.17. The number of benzene rings is 2. The molecule has 2 aromatic carbocycles. The van der Waals surface area contributed by atoms with E-state index in [0.717, 1.165) is 30.6 Å². The molecule has 42 heavy (non-hydrogen) atoms. The van der Waals surface area contributed by atoms with Gasteiger partial charge in [-0.2, -0.15) is 5.10 Å². The lowest BCUT2D eigenvalue weighted by molar-refractivity contribution is -0.147. The molecule has 8 nitrogen and oxygen atoms in total. The second-order valence-corrected chi connectivity index (χ2v) is 11.6. The van der Waals surface area contributed by atoms with E-state index in [9.17, 15) is 9.59 Å². The number of hydrogen-bond donors (Lipinski definition) is 0. The Labute approximate surface area is 244 Å². The number of carbonyl (C=O) groups excluding carboxylic acids is 2. The van der Waals surface area contributed by atoms with Gasteiger partial charge in [-0.3, -0.25) is 9.59 Å². The van der Waals surface area contributed by atoms with E-state index in [0.29, 0.717) is 61.2 Å². The molecule has 3 aliphatic rings. The third-order valence-electron chi connectivity index (χ3n) is 8.93. The topological polar surface area (TPSA) is 80.0 Å². The number of rotatable bonds is 6. The van der Waals surface area contributed by atoms with Crippen LogP contribution in [-0.4, -0.2) is 57.6 Å². The first-order valence-corrected chi connectivity index (χ1v) is 14.9. The van der Waals surface area contributed by atoms with Crippen molar-refractivity contribution in [2.45, 2.75) is 51.5 Å². The van der Waals surface area contributed by atoms with Gasteiger partial charge in [0.25, 0.3) is 5.91 Å². The van der Waals surface area contributed by atoms with Crippen molar-refractivity contribution in [1.82, 2.24) is 19.5 Å². The summed E-state index contributed by atoms with van der Waals surface area (Å²) in [6.45, 7) is 6.05. The average molecular weight is 568 g/mol. The highest BCUT2D eigenvalue weighted by Gasteiger charge is 2.33. The smallest absolute Gasteiger partial charge is 0.310 e. The van der Waals surface area contributed by atoms with Crippen LogP contribution in [0.15, 0.2) is 54.6 Å². The number of carbonyl (C=O) groups is 2. The van der Waals surface area contributed by atoms with Gasteiger partial charge < -0.3 is 14.5 Å². The van der Waals surface area contributed by atoms with Gasteiger partial charge >= 0.3 is 5.97 Å². The number of hydrogen-bond acceptors (Lipinski definition) is 6. The van der Waals surface area contributed by atoms with Crippen molar-refractivity contribution in [3.63, 3.8) is 0 Å². The minimum absolute atomic E-state index is 0.0406. The fourth-order valence-electron chi connectivity index (χ4n) is 6.46. The molecule has 1 saturated heterocycles. The molecule has 2 fully saturated rings. The molecule has 0 N–H and O–H groups in total. The largest absolute Gasteiger partial charge is 0.466 e. The summed E-state index contributed by atoms with van der Waals surface area (Å²) in [5.41, 5.74) is 5.94. The molecular formula is C33H34FN5O3. The summed E-state index contributed by atoms with van der Waals surface area (Å²) in [5, 5.41) is 4.76. The Morgan fingerprint density at radius 2 is 1.88 bits per heavy atom. The van der Waals surface area contributed by atoms with Crippen LogP contribution in [0, 0.1) is 11.7 Å². The number of ether oxygens (including phenoxy) is 1. The lowest BCUT2D eigenvalue weighted by Crippen LogP contribution is -2.39. The van der Waals surface area contributed by atoms with E-state index < -0.39 is 0 Å². The first kappa shape index (κ1) is 26.6. The predicted molar refractivity (Wildman–Crippen MR) is 157 cm³/mol. The first-order valence-electron chi connectivity index (χ1n) is 14.9. The Morgan fingerprint density at radius 3 is 2.67 bits per heavy atom. The van der Waals surface area contributed by atoms with Crippen LogP contribution in [0.1, 0.15) is 72.4 Å². The maximum atomic E-state index is 15.5. The van der Waals surface area contributed by atoms with Gasteiger partial charge in [0.1, 0.15) is 11.5 Å². The van der Waals surface area contributed by atoms with Crippen molar-refractivity contribution in [1.29, 1.82) is 0 Å². The normalized spacial score (nSPS) is 20.2. The Morgan fingerprint density at radius 1 is 1.05 bits per heavy atom. The van der Waals surface area contributed by atoms with Gasteiger partial charge in [0, 0.05) is 48.6 Å². The van der Waals surface area contributed by atoms with Gasteiger partial charge in [0.05, 0.1) is 24.3 Å². The Kier molecular flexibility index (Phi) is 6.67. The van der Waals surface area contributed by atoms with E-state index >= 15 is 4.39 Å². The highest BCUT2D eigenvalue weighted by atomic mass is 19.1. The number of halogens is 1. The van der Waals surface area contributed by atoms with Gasteiger partial charge in [-0.25, -0.2) is 13.9 Å². The second kappa shape index (κ2) is 10.5. The number of fused-ring (bicyclic) bond motifs is 2. The molecule has 0 radical (unpaired) electrons. The lowest BCUT2D eigenvalue weighted by atomic mass is 9.93. The number of amides is 1. The van der Waals surface area contributed by atoms with Gasteiger partial charge in [-0.05, 0) is 74.9 Å². The molecule has 0 spiro atoms. The molecule has 2 aliphatic heterocycles. The third kappa shape index (κ3) is 4.70. The summed E-state index contributed by atoms with van der Waals surface area (Å²) >= 11 is 0. The fourth-order valence-corrected chi connectivity index (χ4v) is 6.46. The summed E-state index contributed by atoms with van der Waals surface area (Å²) < 4.78 is 22.5. The van der Waals surface area contributed by atoms with Crippen molar-refractivity contribution < 1.29 is 18.7 Å². The van der Waals surface area contributed by atoms with E-state index in [-0.39, 0.29) is 29.7 Å². The zero-order valence-electron chi connectivity index (χ0n) is 23.9. The van der Waals surface area contributed by atoms with Gasteiger partial charge in [0.15, 0.2) is 5.65 Å². The second-order valence-electron chi connectivity index (χ2n) is 11.6. The summed E-state index contributed by atoms with van der Waals surface area (Å²) in [7, 11) is 0. The molecule has 1 saturated carbocycles. The molecule has 0 unspecified atom stereocenters. The SMILES string of the molecule is CCOC(=O)[C@H]1CCN(c2ccc(-c3cc4nc(C(=O)N5CCc6ccccc6[C@H]5C)cc(C5CC5)n4n3)c(F)c2)C1. The van der Waals surface area contributed by atoms with E-state index in [1.807, 2.05) is 34.1 Å². The number of anilines is 1. The average Bonchev–Trinajstić information content (AvgIpc) is 3.55. The quantitative estimate of drug-likeness (QED) is 0.284. The highest BCUT2D eigenvalue weighted by Crippen LogP contribution is 2.41. The van der Waals surface area contributed by atoms with Crippen molar-refractivity contribution in [3.8, 4) is 11.3 Å². The lowest BCUT2D eigenvalue weighted by Gasteiger charge is -2.35. The van der Waals surface area contributed by atoms with Crippen molar-refractivity contribution >= 4 is 23.2 Å². The van der Waals surface area contributed by atoms with Crippen LogP contribution in [-0.2, 0) is 16.0 Å². The van der Waals surface area contributed by atoms with Crippen LogP contribution in [0.2, 0.25) is 0 Å². The van der Waals surface area contributed by atoms with Crippen LogP contribution in [0.3, 0.4) is 0 Å². The summed E-state index contributed by atoms with van der Waals surface area (Å²) in [6.07, 6.45) is 3.56. The number of nitrogens with zero attached hydrogens (tertiary/aromatic N) is 5. The highest BCUT2D eigenvalue weighted by molar-refractivity contribution is 5.93. The van der Waals surface area contributed by atoms with Gasteiger partial charge in [-0.15, -0.1) is 0 Å². The predicted octanol–water partition coefficient (Wildman–Crippen LogP) is 5.56. The molecule has 1 amide bonds.